The van der Waals surface area contributed by atoms with Crippen LogP contribution in [0.25, 0.3) is 11.1 Å². The highest BCUT2D eigenvalue weighted by Crippen LogP contribution is 2.35. The zero-order valence-corrected chi connectivity index (χ0v) is 15.2. The van der Waals surface area contributed by atoms with Gasteiger partial charge in [-0.05, 0) is 29.8 Å². The zero-order chi connectivity index (χ0) is 19.3. The third kappa shape index (κ3) is 3.64. The Balaban J connectivity index is 1.69. The second-order valence-corrected chi connectivity index (χ2v) is 6.41. The van der Waals surface area contributed by atoms with Crippen molar-refractivity contribution in [2.24, 2.45) is 0 Å². The van der Waals surface area contributed by atoms with Gasteiger partial charge in [0.15, 0.2) is 11.5 Å². The fourth-order valence-corrected chi connectivity index (χ4v) is 3.05. The Morgan fingerprint density at radius 2 is 1.29 bits per heavy atom. The molecule has 4 aromatic carbocycles. The maximum Gasteiger partial charge on any atom is 0.193 e. The topological polar surface area (TPSA) is 52.3 Å². The van der Waals surface area contributed by atoms with E-state index in [0.717, 1.165) is 11.1 Å². The molecule has 0 unspecified atom stereocenters. The Hall–Kier alpha value is -3.85. The van der Waals surface area contributed by atoms with Crippen LogP contribution in [0.5, 0.6) is 11.5 Å². The number of hydrogen-bond donors (Lipinski definition) is 1. The molecule has 2 N–H and O–H groups in total. The summed E-state index contributed by atoms with van der Waals surface area (Å²) >= 11 is 0. The molecular formula is C25H19NO2. The minimum absolute atomic E-state index is 0.0678. The summed E-state index contributed by atoms with van der Waals surface area (Å²) in [5.74, 6) is 1.08. The number of hydrogen-bond acceptors (Lipinski definition) is 3. The first-order valence-electron chi connectivity index (χ1n) is 9.04. The Labute approximate surface area is 164 Å². The number of ether oxygens (including phenoxy) is 1. The summed E-state index contributed by atoms with van der Waals surface area (Å²) in [6.45, 7) is 0. The van der Waals surface area contributed by atoms with Crippen molar-refractivity contribution in [2.45, 2.75) is 0 Å². The highest BCUT2D eigenvalue weighted by molar-refractivity contribution is 6.09. The molecule has 0 aromatic heterocycles. The maximum absolute atomic E-state index is 12.8. The van der Waals surface area contributed by atoms with E-state index in [1.807, 2.05) is 72.8 Å². The molecule has 0 heterocycles. The average Bonchev–Trinajstić information content (AvgIpc) is 2.76. The normalized spacial score (nSPS) is 10.4. The summed E-state index contributed by atoms with van der Waals surface area (Å²) in [7, 11) is 0. The quantitative estimate of drug-likeness (QED) is 0.351. The van der Waals surface area contributed by atoms with Gasteiger partial charge >= 0.3 is 0 Å². The van der Waals surface area contributed by atoms with Crippen molar-refractivity contribution in [3.05, 3.63) is 114 Å². The van der Waals surface area contributed by atoms with Gasteiger partial charge in [-0.2, -0.15) is 0 Å². The van der Waals surface area contributed by atoms with Crippen molar-refractivity contribution < 1.29 is 9.53 Å². The number of para-hydroxylation sites is 1. The second kappa shape index (κ2) is 7.80. The first-order valence-corrected chi connectivity index (χ1v) is 9.04. The maximum atomic E-state index is 12.8. The van der Waals surface area contributed by atoms with Crippen molar-refractivity contribution in [3.63, 3.8) is 0 Å². The molecule has 0 aliphatic carbocycles. The molecule has 0 saturated heterocycles. The van der Waals surface area contributed by atoms with Crippen LogP contribution in [0.3, 0.4) is 0 Å². The van der Waals surface area contributed by atoms with E-state index in [1.165, 1.54) is 0 Å². The lowest BCUT2D eigenvalue weighted by Gasteiger charge is -2.14. The lowest BCUT2D eigenvalue weighted by molar-refractivity contribution is 0.103. The highest BCUT2D eigenvalue weighted by atomic mass is 16.5. The summed E-state index contributed by atoms with van der Waals surface area (Å²) in [5.41, 5.74) is 9.78. The van der Waals surface area contributed by atoms with E-state index in [1.54, 1.807) is 30.3 Å². The fraction of sp³-hybridized carbons (Fsp3) is 0. The third-order valence-corrected chi connectivity index (χ3v) is 4.50. The lowest BCUT2D eigenvalue weighted by Crippen LogP contribution is -2.02. The van der Waals surface area contributed by atoms with Crippen molar-refractivity contribution in [1.29, 1.82) is 0 Å². The zero-order valence-electron chi connectivity index (χ0n) is 15.2. The summed E-state index contributed by atoms with van der Waals surface area (Å²) in [4.78, 5) is 12.8. The second-order valence-electron chi connectivity index (χ2n) is 6.41. The Bertz CT molecular complexity index is 1110. The molecule has 3 nitrogen and oxygen atoms in total. The van der Waals surface area contributed by atoms with Gasteiger partial charge in [0.05, 0.1) is 5.69 Å². The van der Waals surface area contributed by atoms with Crippen LogP contribution in [0.15, 0.2) is 103 Å². The van der Waals surface area contributed by atoms with E-state index in [4.69, 9.17) is 10.5 Å². The van der Waals surface area contributed by atoms with Crippen molar-refractivity contribution in [2.75, 3.05) is 5.73 Å². The molecule has 28 heavy (non-hydrogen) atoms. The van der Waals surface area contributed by atoms with Crippen LogP contribution in [0.4, 0.5) is 5.69 Å². The Kier molecular flexibility index (Phi) is 4.89. The van der Waals surface area contributed by atoms with Gasteiger partial charge in [-0.25, -0.2) is 0 Å². The molecule has 0 atom stereocenters. The van der Waals surface area contributed by atoms with Gasteiger partial charge in [0.1, 0.15) is 5.75 Å². The Morgan fingerprint density at radius 3 is 2.04 bits per heavy atom. The van der Waals surface area contributed by atoms with Crippen molar-refractivity contribution >= 4 is 11.5 Å². The van der Waals surface area contributed by atoms with Gasteiger partial charge in [-0.1, -0.05) is 78.9 Å². The lowest BCUT2D eigenvalue weighted by atomic mass is 10.0. The summed E-state index contributed by atoms with van der Waals surface area (Å²) < 4.78 is 6.14. The molecule has 0 aliphatic rings. The monoisotopic (exact) mass is 365 g/mol. The first kappa shape index (κ1) is 17.6. The predicted molar refractivity (Wildman–Crippen MR) is 113 cm³/mol. The molecule has 0 aliphatic heterocycles. The summed E-state index contributed by atoms with van der Waals surface area (Å²) in [6.07, 6.45) is 0. The fourth-order valence-electron chi connectivity index (χ4n) is 3.05. The molecule has 0 spiro atoms. The average molecular weight is 365 g/mol. The molecule has 0 bridgehead atoms. The number of nitrogens with two attached hydrogens (primary N) is 1. The van der Waals surface area contributed by atoms with Gasteiger partial charge in [-0.3, -0.25) is 4.79 Å². The third-order valence-electron chi connectivity index (χ3n) is 4.50. The van der Waals surface area contributed by atoms with E-state index in [0.29, 0.717) is 28.3 Å². The van der Waals surface area contributed by atoms with Crippen LogP contribution in [0.1, 0.15) is 15.9 Å². The number of carbonyl (C=O) groups excluding carboxylic acids is 1. The summed E-state index contributed by atoms with van der Waals surface area (Å²) in [5, 5.41) is 0. The number of anilines is 1. The van der Waals surface area contributed by atoms with Gasteiger partial charge in [0, 0.05) is 16.7 Å². The molecule has 4 aromatic rings. The van der Waals surface area contributed by atoms with Crippen LogP contribution in [0.2, 0.25) is 0 Å². The molecule has 3 heteroatoms. The largest absolute Gasteiger partial charge is 0.455 e. The molecule has 0 amide bonds. The molecule has 136 valence electrons. The Morgan fingerprint density at radius 1 is 0.643 bits per heavy atom. The van der Waals surface area contributed by atoms with Crippen molar-refractivity contribution in [3.8, 4) is 22.6 Å². The van der Waals surface area contributed by atoms with Crippen LogP contribution < -0.4 is 10.5 Å². The van der Waals surface area contributed by atoms with Crippen LogP contribution in [-0.4, -0.2) is 5.78 Å². The standard InChI is InChI=1S/C25H19NO2/c26-22-16-15-20(25(27)19-11-5-2-6-12-19)17-24(22)28-23-14-8-7-13-21(23)18-9-3-1-4-10-18/h1-17H,26H2. The summed E-state index contributed by atoms with van der Waals surface area (Å²) in [6, 6.07) is 32.1. The number of benzene rings is 4. The van der Waals surface area contributed by atoms with Gasteiger partial charge in [0.2, 0.25) is 0 Å². The van der Waals surface area contributed by atoms with Gasteiger partial charge in [-0.15, -0.1) is 0 Å². The number of rotatable bonds is 5. The molecule has 0 saturated carbocycles. The van der Waals surface area contributed by atoms with Gasteiger partial charge < -0.3 is 10.5 Å². The van der Waals surface area contributed by atoms with E-state index < -0.39 is 0 Å². The molecule has 0 fully saturated rings. The SMILES string of the molecule is Nc1ccc(C(=O)c2ccccc2)cc1Oc1ccccc1-c1ccccc1. The molecule has 0 radical (unpaired) electrons. The minimum Gasteiger partial charge on any atom is -0.455 e. The van der Waals surface area contributed by atoms with Crippen LogP contribution in [0, 0.1) is 0 Å². The van der Waals surface area contributed by atoms with Crippen LogP contribution in [-0.2, 0) is 0 Å². The van der Waals surface area contributed by atoms with Gasteiger partial charge in [0.25, 0.3) is 0 Å². The first-order chi connectivity index (χ1) is 13.7. The number of nitrogen functional groups attached to an aromatic ring is 1. The highest BCUT2D eigenvalue weighted by Gasteiger charge is 2.13. The van der Waals surface area contributed by atoms with E-state index >= 15 is 0 Å². The number of carbonyl (C=O) groups is 1. The van der Waals surface area contributed by atoms with Crippen LogP contribution >= 0.6 is 0 Å². The minimum atomic E-state index is -0.0678. The van der Waals surface area contributed by atoms with E-state index in [-0.39, 0.29) is 5.78 Å². The van der Waals surface area contributed by atoms with E-state index in [2.05, 4.69) is 0 Å². The molecule has 4 rings (SSSR count). The smallest absolute Gasteiger partial charge is 0.193 e. The van der Waals surface area contributed by atoms with E-state index in [9.17, 15) is 4.79 Å². The molecular weight excluding hydrogens is 346 g/mol. The number of ketones is 1. The van der Waals surface area contributed by atoms with Crippen molar-refractivity contribution in [1.82, 2.24) is 0 Å². The predicted octanol–water partition coefficient (Wildman–Crippen LogP) is 5.96.